The monoisotopic (exact) mass is 630 g/mol. The lowest BCUT2D eigenvalue weighted by Crippen LogP contribution is -2.64. The summed E-state index contributed by atoms with van der Waals surface area (Å²) in [5, 5.41) is 11.4. The smallest absolute Gasteiger partial charge is 0.0635 e. The number of rotatable bonds is 8. The van der Waals surface area contributed by atoms with Crippen molar-refractivity contribution < 1.29 is 5.11 Å². The Balaban J connectivity index is 0.000000533. The highest BCUT2D eigenvalue weighted by Gasteiger charge is 2.62. The molecule has 0 aromatic heterocycles. The predicted octanol–water partition coefficient (Wildman–Crippen LogP) is 7.51. The van der Waals surface area contributed by atoms with Crippen LogP contribution in [0.5, 0.6) is 0 Å². The summed E-state index contributed by atoms with van der Waals surface area (Å²) < 4.78 is 0. The summed E-state index contributed by atoms with van der Waals surface area (Å²) in [7, 11) is 0. The van der Waals surface area contributed by atoms with Crippen LogP contribution < -0.4 is 28.7 Å². The van der Waals surface area contributed by atoms with E-state index < -0.39 is 11.5 Å². The van der Waals surface area contributed by atoms with Gasteiger partial charge in [-0.25, -0.2) is 0 Å². The molecule has 3 fully saturated rings. The maximum Gasteiger partial charge on any atom is 0.0635 e. The zero-order valence-electron chi connectivity index (χ0n) is 29.3. The highest BCUT2D eigenvalue weighted by Crippen LogP contribution is 2.66. The van der Waals surface area contributed by atoms with Crippen LogP contribution in [-0.2, 0) is 6.42 Å². The quantitative estimate of drug-likeness (QED) is 0.0995. The van der Waals surface area contributed by atoms with Crippen LogP contribution >= 0.6 is 0 Å². The van der Waals surface area contributed by atoms with Crippen LogP contribution in [0.3, 0.4) is 0 Å². The maximum atomic E-state index is 11.4. The van der Waals surface area contributed by atoms with Crippen LogP contribution in [0.2, 0.25) is 0 Å². The lowest BCUT2D eigenvalue weighted by atomic mass is 9.46. The molecule has 11 N–H and O–H groups in total. The van der Waals surface area contributed by atoms with E-state index in [1.54, 1.807) is 6.08 Å². The van der Waals surface area contributed by atoms with E-state index in [-0.39, 0.29) is 5.54 Å². The first-order valence-corrected chi connectivity index (χ1v) is 17.6. The van der Waals surface area contributed by atoms with Crippen molar-refractivity contribution in [3.8, 4) is 0 Å². The first-order valence-electron chi connectivity index (χ1n) is 17.6. The third-order valence-corrected chi connectivity index (χ3v) is 12.6. The second kappa shape index (κ2) is 14.0. The van der Waals surface area contributed by atoms with E-state index in [0.29, 0.717) is 46.4 Å². The minimum Gasteiger partial charge on any atom is -0.399 e. The molecule has 46 heavy (non-hydrogen) atoms. The zero-order chi connectivity index (χ0) is 34.0. The van der Waals surface area contributed by atoms with Crippen LogP contribution in [0, 0.1) is 40.4 Å². The minimum atomic E-state index is -0.412. The summed E-state index contributed by atoms with van der Waals surface area (Å²) in [5.41, 5.74) is 36.2. The molecule has 0 amide bonds. The van der Waals surface area contributed by atoms with Crippen LogP contribution in [0.1, 0.15) is 98.0 Å². The minimum absolute atomic E-state index is 0.325. The van der Waals surface area contributed by atoms with E-state index in [9.17, 15) is 5.11 Å². The van der Waals surface area contributed by atoms with Gasteiger partial charge in [0.25, 0.3) is 0 Å². The predicted molar refractivity (Wildman–Crippen MR) is 196 cm³/mol. The Labute approximate surface area is 279 Å². The lowest BCUT2D eigenvalue weighted by molar-refractivity contribution is -0.0580. The van der Waals surface area contributed by atoms with E-state index in [0.717, 1.165) is 42.6 Å². The van der Waals surface area contributed by atoms with Gasteiger partial charge in [0.05, 0.1) is 6.10 Å². The fourth-order valence-electron chi connectivity index (χ4n) is 10.3. The number of aliphatic hydroxyl groups is 1. The molecule has 4 aliphatic rings. The topological polar surface area (TPSA) is 150 Å². The number of fused-ring (bicyclic) bond motifs is 5. The average Bonchev–Trinajstić information content (AvgIpc) is 3.34. The fraction of sp³-hybridized carbons (Fsp3) is 0.600. The molecule has 9 unspecified atom stereocenters. The summed E-state index contributed by atoms with van der Waals surface area (Å²) in [6.45, 7) is 18.6. The molecule has 0 spiro atoms. The lowest BCUT2D eigenvalue weighted by Gasteiger charge is -2.61. The molecule has 4 aliphatic carbocycles. The van der Waals surface area contributed by atoms with Crippen molar-refractivity contribution in [3.05, 3.63) is 83.8 Å². The summed E-state index contributed by atoms with van der Waals surface area (Å²) >= 11 is 0. The second-order valence-corrected chi connectivity index (χ2v) is 15.9. The third-order valence-electron chi connectivity index (χ3n) is 12.6. The third kappa shape index (κ3) is 6.99. The van der Waals surface area contributed by atoms with Gasteiger partial charge in [0, 0.05) is 33.7 Å². The Hall–Kier alpha value is -2.96. The molecule has 6 heteroatoms. The largest absolute Gasteiger partial charge is 0.399 e. The Kier molecular flexibility index (Phi) is 10.9. The van der Waals surface area contributed by atoms with Crippen LogP contribution in [0.15, 0.2) is 78.2 Å². The molecule has 254 valence electrons. The highest BCUT2D eigenvalue weighted by atomic mass is 16.3. The number of hydrogen-bond donors (Lipinski definition) is 6. The average molecular weight is 630 g/mol. The number of nitrogen functional groups attached to an aromatic ring is 2. The van der Waals surface area contributed by atoms with Crippen molar-refractivity contribution in [2.24, 2.45) is 57.6 Å². The molecule has 3 saturated carbocycles. The Morgan fingerprint density at radius 2 is 1.78 bits per heavy atom. The molecule has 1 aromatic rings. The molecule has 0 saturated heterocycles. The number of aliphatic hydroxyl groups excluding tert-OH is 1. The molecular formula is C40H63N5O. The van der Waals surface area contributed by atoms with Gasteiger partial charge in [-0.05, 0) is 148 Å². The van der Waals surface area contributed by atoms with Crippen LogP contribution in [-0.4, -0.2) is 16.7 Å². The van der Waals surface area contributed by atoms with Gasteiger partial charge >= 0.3 is 0 Å². The first-order chi connectivity index (χ1) is 21.6. The zero-order valence-corrected chi connectivity index (χ0v) is 29.3. The number of nitrogens with two attached hydrogens (primary N) is 5. The van der Waals surface area contributed by atoms with E-state index in [4.69, 9.17) is 28.7 Å². The summed E-state index contributed by atoms with van der Waals surface area (Å²) in [6, 6.07) is 5.80. The first kappa shape index (κ1) is 35.9. The molecule has 0 radical (unpaired) electrons. The van der Waals surface area contributed by atoms with Gasteiger partial charge in [-0.3, -0.25) is 0 Å². The Bertz CT molecular complexity index is 1370. The van der Waals surface area contributed by atoms with E-state index in [1.807, 2.05) is 18.2 Å². The summed E-state index contributed by atoms with van der Waals surface area (Å²) in [5.74, 6) is 3.54. The molecule has 0 aliphatic heterocycles. The molecule has 5 rings (SSSR count). The number of benzene rings is 1. The van der Waals surface area contributed by atoms with Crippen molar-refractivity contribution in [2.45, 2.75) is 110 Å². The maximum absolute atomic E-state index is 11.4. The van der Waals surface area contributed by atoms with Crippen LogP contribution in [0.4, 0.5) is 11.4 Å². The molecule has 0 heterocycles. The molecule has 0 bridgehead atoms. The number of hydrogen-bond acceptors (Lipinski definition) is 6. The SMILES string of the molecule is C=C/C(N)=C\C(=C)N.CC(C)=CCCC(C)C1CCC2C3CC=C4C(C)(Cc5ccc(N)cc5N)C(O)CCC4(N)C3CCC12C. The van der Waals surface area contributed by atoms with E-state index >= 15 is 0 Å². The van der Waals surface area contributed by atoms with Gasteiger partial charge in [-0.2, -0.15) is 0 Å². The van der Waals surface area contributed by atoms with Crippen molar-refractivity contribution >= 4 is 11.4 Å². The van der Waals surface area contributed by atoms with Gasteiger partial charge in [-0.1, -0.05) is 57.7 Å². The molecule has 6 nitrogen and oxygen atoms in total. The van der Waals surface area contributed by atoms with Crippen molar-refractivity contribution in [1.82, 2.24) is 0 Å². The van der Waals surface area contributed by atoms with Crippen LogP contribution in [0.25, 0.3) is 0 Å². The van der Waals surface area contributed by atoms with Crippen molar-refractivity contribution in [2.75, 3.05) is 11.5 Å². The fourth-order valence-corrected chi connectivity index (χ4v) is 10.3. The van der Waals surface area contributed by atoms with Gasteiger partial charge in [-0.15, -0.1) is 0 Å². The Morgan fingerprint density at radius 1 is 1.07 bits per heavy atom. The normalized spacial score (nSPS) is 35.7. The van der Waals surface area contributed by atoms with Gasteiger partial charge < -0.3 is 33.8 Å². The number of anilines is 2. The van der Waals surface area contributed by atoms with E-state index in [1.165, 1.54) is 55.7 Å². The summed E-state index contributed by atoms with van der Waals surface area (Å²) in [4.78, 5) is 0. The highest BCUT2D eigenvalue weighted by molar-refractivity contribution is 5.57. The van der Waals surface area contributed by atoms with E-state index in [2.05, 4.69) is 59.9 Å². The molecule has 9 atom stereocenters. The van der Waals surface area contributed by atoms with Crippen molar-refractivity contribution in [3.63, 3.8) is 0 Å². The van der Waals surface area contributed by atoms with Gasteiger partial charge in [0.15, 0.2) is 0 Å². The molecule has 1 aromatic carbocycles. The number of allylic oxidation sites excluding steroid dienone is 5. The summed E-state index contributed by atoms with van der Waals surface area (Å²) in [6.07, 6.45) is 18.8. The molecular weight excluding hydrogens is 566 g/mol. The van der Waals surface area contributed by atoms with Gasteiger partial charge in [0.2, 0.25) is 0 Å². The van der Waals surface area contributed by atoms with Crippen molar-refractivity contribution in [1.29, 1.82) is 0 Å². The second-order valence-electron chi connectivity index (χ2n) is 15.9. The standard InChI is InChI=1S/C34H53N3O.C6H10N2/c1-21(2)7-6-8-22(3)26-12-13-27-25-11-14-30-33(5,20-23-9-10-24(35)19-29(23)36)31(38)16-18-34(30,37)28(25)15-17-32(26,27)4;1-3-6(8)4-5(2)7/h7,9-10,14,19,22,25-28,31,38H,6,8,11-13,15-18,20,35-37H2,1-5H3;3-4H,1-2,7-8H2/b;6-4+. The van der Waals surface area contributed by atoms with Gasteiger partial charge in [0.1, 0.15) is 0 Å². The Morgan fingerprint density at radius 3 is 2.39 bits per heavy atom.